The van der Waals surface area contributed by atoms with Gasteiger partial charge in [0.25, 0.3) is 0 Å². The van der Waals surface area contributed by atoms with E-state index in [1.807, 2.05) is 17.5 Å². The quantitative estimate of drug-likeness (QED) is 0.274. The van der Waals surface area contributed by atoms with Crippen molar-refractivity contribution >= 4 is 49.3 Å². The molecule has 0 saturated heterocycles. The van der Waals surface area contributed by atoms with Gasteiger partial charge in [0.1, 0.15) is 28.0 Å². The van der Waals surface area contributed by atoms with Crippen LogP contribution in [-0.4, -0.2) is 30.5 Å². The molecule has 0 spiro atoms. The number of benzene rings is 3. The maximum Gasteiger partial charge on any atom is 0.322 e. The number of fused-ring (bicyclic) bond motifs is 3. The van der Waals surface area contributed by atoms with E-state index in [9.17, 15) is 22.7 Å². The predicted molar refractivity (Wildman–Crippen MR) is 137 cm³/mol. The van der Waals surface area contributed by atoms with Crippen molar-refractivity contribution in [2.75, 3.05) is 0 Å². The largest absolute Gasteiger partial charge is 0.480 e. The zero-order chi connectivity index (χ0) is 25.6. The third-order valence-corrected chi connectivity index (χ3v) is 8.19. The van der Waals surface area contributed by atoms with Crippen molar-refractivity contribution in [3.8, 4) is 21.8 Å². The Morgan fingerprint density at radius 2 is 1.72 bits per heavy atom. The maximum atomic E-state index is 13.2. The zero-order valence-electron chi connectivity index (χ0n) is 19.2. The van der Waals surface area contributed by atoms with Crippen LogP contribution in [0.3, 0.4) is 0 Å². The zero-order valence-corrected chi connectivity index (χ0v) is 20.9. The van der Waals surface area contributed by atoms with E-state index in [4.69, 9.17) is 4.42 Å². The summed E-state index contributed by atoms with van der Waals surface area (Å²) in [6.07, 6.45) is 0. The molecule has 0 radical (unpaired) electrons. The van der Waals surface area contributed by atoms with Gasteiger partial charge in [0, 0.05) is 33.3 Å². The molecule has 2 aromatic heterocycles. The second kappa shape index (κ2) is 9.12. The van der Waals surface area contributed by atoms with Crippen molar-refractivity contribution in [2.45, 2.75) is 24.8 Å². The van der Waals surface area contributed by atoms with Gasteiger partial charge in [-0.3, -0.25) is 4.79 Å². The number of aromatic nitrogens is 1. The van der Waals surface area contributed by atoms with Crippen molar-refractivity contribution < 1.29 is 27.1 Å². The number of rotatable bonds is 7. The summed E-state index contributed by atoms with van der Waals surface area (Å²) >= 11 is 1.46. The van der Waals surface area contributed by atoms with Crippen LogP contribution in [0.4, 0.5) is 4.39 Å². The van der Waals surface area contributed by atoms with E-state index < -0.39 is 28.0 Å². The van der Waals surface area contributed by atoms with Crippen LogP contribution >= 0.6 is 11.3 Å². The molecule has 2 N–H and O–H groups in total. The SMILES string of the molecule is CC(C)[C@H](NS(=O)(=O)c1ccc2c(c1)oc1ccc(-c3nc(-c4ccc(F)cc4)cs3)cc12)C(=O)O. The van der Waals surface area contributed by atoms with E-state index >= 15 is 0 Å². The molecule has 0 fully saturated rings. The molecule has 1 atom stereocenters. The Labute approximate surface area is 210 Å². The Hall–Kier alpha value is -3.60. The first-order valence-corrected chi connectivity index (χ1v) is 13.4. The number of sulfonamides is 1. The van der Waals surface area contributed by atoms with E-state index in [1.54, 1.807) is 38.1 Å². The topological polar surface area (TPSA) is 110 Å². The van der Waals surface area contributed by atoms with Crippen LogP contribution in [0.1, 0.15) is 13.8 Å². The lowest BCUT2D eigenvalue weighted by molar-refractivity contribution is -0.140. The molecule has 10 heteroatoms. The van der Waals surface area contributed by atoms with Crippen LogP contribution in [0.15, 0.2) is 75.4 Å². The number of hydrogen-bond donors (Lipinski definition) is 2. The van der Waals surface area contributed by atoms with Crippen LogP contribution in [0.2, 0.25) is 0 Å². The summed E-state index contributed by atoms with van der Waals surface area (Å²) in [7, 11) is -4.08. The minimum atomic E-state index is -4.08. The standard InChI is InChI=1S/C26H21FN2O5S2/c1-14(2)24(26(30)31)29-36(32,33)18-8-9-19-20-11-16(5-10-22(20)34-23(19)12-18)25-28-21(13-35-25)15-3-6-17(27)7-4-15/h3-14,24,29H,1-2H3,(H,30,31)/t24-/m0/s1. The second-order valence-electron chi connectivity index (χ2n) is 8.70. The first kappa shape index (κ1) is 24.1. The van der Waals surface area contributed by atoms with Gasteiger partial charge in [0.15, 0.2) is 0 Å². The highest BCUT2D eigenvalue weighted by Gasteiger charge is 2.28. The van der Waals surface area contributed by atoms with E-state index in [0.717, 1.165) is 32.6 Å². The van der Waals surface area contributed by atoms with Gasteiger partial charge in [0.2, 0.25) is 10.0 Å². The Morgan fingerprint density at radius 1 is 1.00 bits per heavy atom. The molecule has 5 rings (SSSR count). The van der Waals surface area contributed by atoms with E-state index in [1.165, 1.54) is 35.6 Å². The van der Waals surface area contributed by atoms with Crippen LogP contribution in [0.5, 0.6) is 0 Å². The van der Waals surface area contributed by atoms with Crippen LogP contribution < -0.4 is 4.72 Å². The molecule has 7 nitrogen and oxygen atoms in total. The number of halogens is 1. The number of hydrogen-bond acceptors (Lipinski definition) is 6. The Bertz CT molecular complexity index is 1710. The van der Waals surface area contributed by atoms with Crippen molar-refractivity contribution in [2.24, 2.45) is 5.92 Å². The molecule has 0 aliphatic heterocycles. The Kier molecular flexibility index (Phi) is 6.11. The molecule has 0 aliphatic rings. The van der Waals surface area contributed by atoms with Crippen LogP contribution in [-0.2, 0) is 14.8 Å². The molecule has 0 aliphatic carbocycles. The fraction of sp³-hybridized carbons (Fsp3) is 0.154. The van der Waals surface area contributed by atoms with Gasteiger partial charge in [-0.15, -0.1) is 11.3 Å². The molecule has 2 heterocycles. The lowest BCUT2D eigenvalue weighted by atomic mass is 10.1. The Morgan fingerprint density at radius 3 is 2.42 bits per heavy atom. The van der Waals surface area contributed by atoms with E-state index in [0.29, 0.717) is 11.2 Å². The lowest BCUT2D eigenvalue weighted by Gasteiger charge is -2.17. The van der Waals surface area contributed by atoms with E-state index in [2.05, 4.69) is 9.71 Å². The molecule has 0 amide bonds. The summed E-state index contributed by atoms with van der Waals surface area (Å²) in [5, 5.41) is 13.6. The minimum absolute atomic E-state index is 0.0787. The van der Waals surface area contributed by atoms with Crippen LogP contribution in [0, 0.1) is 11.7 Å². The van der Waals surface area contributed by atoms with Gasteiger partial charge >= 0.3 is 5.97 Å². The molecule has 0 unspecified atom stereocenters. The highest BCUT2D eigenvalue weighted by Crippen LogP contribution is 2.35. The van der Waals surface area contributed by atoms with Crippen molar-refractivity contribution in [1.29, 1.82) is 0 Å². The van der Waals surface area contributed by atoms with Crippen molar-refractivity contribution in [1.82, 2.24) is 9.71 Å². The first-order chi connectivity index (χ1) is 17.1. The smallest absolute Gasteiger partial charge is 0.322 e. The summed E-state index contributed by atoms with van der Waals surface area (Å²) in [4.78, 5) is 16.1. The fourth-order valence-electron chi connectivity index (χ4n) is 3.92. The molecule has 0 saturated carbocycles. The average Bonchev–Trinajstić information content (AvgIpc) is 3.47. The molecule has 0 bridgehead atoms. The van der Waals surface area contributed by atoms with Crippen molar-refractivity contribution in [3.63, 3.8) is 0 Å². The van der Waals surface area contributed by atoms with Gasteiger partial charge in [-0.25, -0.2) is 17.8 Å². The van der Waals surface area contributed by atoms with Gasteiger partial charge < -0.3 is 9.52 Å². The molecule has 5 aromatic rings. The summed E-state index contributed by atoms with van der Waals surface area (Å²) in [5.41, 5.74) is 3.38. The lowest BCUT2D eigenvalue weighted by Crippen LogP contribution is -2.44. The number of thiazole rings is 1. The summed E-state index contributed by atoms with van der Waals surface area (Å²) in [5.74, 6) is -1.98. The summed E-state index contributed by atoms with van der Waals surface area (Å²) < 4.78 is 47.1. The van der Waals surface area contributed by atoms with Gasteiger partial charge in [-0.1, -0.05) is 13.8 Å². The highest BCUT2D eigenvalue weighted by atomic mass is 32.2. The number of carboxylic acids is 1. The number of carbonyl (C=O) groups is 1. The summed E-state index contributed by atoms with van der Waals surface area (Å²) in [6.45, 7) is 3.26. The average molecular weight is 525 g/mol. The third kappa shape index (κ3) is 4.50. The Balaban J connectivity index is 1.49. The number of furan rings is 1. The number of nitrogens with one attached hydrogen (secondary N) is 1. The minimum Gasteiger partial charge on any atom is -0.480 e. The molecular weight excluding hydrogens is 503 g/mol. The normalized spacial score (nSPS) is 13.0. The number of carboxylic acid groups (broad SMARTS) is 1. The number of nitrogens with zero attached hydrogens (tertiary/aromatic N) is 1. The van der Waals surface area contributed by atoms with E-state index in [-0.39, 0.29) is 10.7 Å². The predicted octanol–water partition coefficient (Wildman–Crippen LogP) is 5.90. The van der Waals surface area contributed by atoms with Crippen molar-refractivity contribution in [3.05, 3.63) is 71.9 Å². The monoisotopic (exact) mass is 524 g/mol. The third-order valence-electron chi connectivity index (χ3n) is 5.86. The molecule has 36 heavy (non-hydrogen) atoms. The second-order valence-corrected chi connectivity index (χ2v) is 11.3. The molecular formula is C26H21FN2O5S2. The molecule has 3 aromatic carbocycles. The van der Waals surface area contributed by atoms with Gasteiger partial charge in [-0.2, -0.15) is 4.72 Å². The maximum absolute atomic E-state index is 13.2. The first-order valence-electron chi connectivity index (χ1n) is 11.1. The van der Waals surface area contributed by atoms with Crippen LogP contribution in [0.25, 0.3) is 43.8 Å². The highest BCUT2D eigenvalue weighted by molar-refractivity contribution is 7.89. The fourth-order valence-corrected chi connectivity index (χ4v) is 6.10. The van der Waals surface area contributed by atoms with Gasteiger partial charge in [-0.05, 0) is 60.5 Å². The summed E-state index contributed by atoms with van der Waals surface area (Å²) in [6, 6.07) is 15.0. The number of aliphatic carboxylic acids is 1. The van der Waals surface area contributed by atoms with Gasteiger partial charge in [0.05, 0.1) is 10.6 Å². The molecule has 184 valence electrons.